The van der Waals surface area contributed by atoms with E-state index in [-0.39, 0.29) is 11.4 Å². The summed E-state index contributed by atoms with van der Waals surface area (Å²) < 4.78 is 19.1. The van der Waals surface area contributed by atoms with Gasteiger partial charge < -0.3 is 15.8 Å². The number of ether oxygens (including phenoxy) is 1. The van der Waals surface area contributed by atoms with Gasteiger partial charge in [0.2, 0.25) is 0 Å². The number of halogens is 2. The maximum atomic E-state index is 13.3. The molecule has 5 heteroatoms. The molecule has 0 unspecified atom stereocenters. The molecule has 0 fully saturated rings. The Kier molecular flexibility index (Phi) is 4.37. The highest BCUT2D eigenvalue weighted by Gasteiger charge is 2.16. The lowest BCUT2D eigenvalue weighted by molar-refractivity contribution is 0.0344. The van der Waals surface area contributed by atoms with Crippen LogP contribution in [0.1, 0.15) is 13.8 Å². The van der Waals surface area contributed by atoms with E-state index in [0.717, 1.165) is 0 Å². The third kappa shape index (κ3) is 3.48. The van der Waals surface area contributed by atoms with Crippen molar-refractivity contribution in [3.8, 4) is 0 Å². The summed E-state index contributed by atoms with van der Waals surface area (Å²) in [5, 5.41) is 3.08. The Balaban J connectivity index is 2.79. The zero-order valence-electron chi connectivity index (χ0n) is 9.60. The summed E-state index contributed by atoms with van der Waals surface area (Å²) in [7, 11) is 1.64. The number of benzene rings is 1. The summed E-state index contributed by atoms with van der Waals surface area (Å²) in [6.07, 6.45) is 0. The Morgan fingerprint density at radius 3 is 2.69 bits per heavy atom. The first-order valence-corrected chi connectivity index (χ1v) is 5.97. The van der Waals surface area contributed by atoms with Crippen LogP contribution in [0.4, 0.5) is 15.8 Å². The van der Waals surface area contributed by atoms with Crippen molar-refractivity contribution in [2.75, 3.05) is 24.7 Å². The van der Waals surface area contributed by atoms with Crippen molar-refractivity contribution in [2.24, 2.45) is 0 Å². The minimum Gasteiger partial charge on any atom is -0.397 e. The lowest BCUT2D eigenvalue weighted by atomic mass is 10.1. The Morgan fingerprint density at radius 1 is 1.50 bits per heavy atom. The SMILES string of the molecule is COC(C)(C)CNc1cc(F)c(I)cc1N. The summed E-state index contributed by atoms with van der Waals surface area (Å²) in [6, 6.07) is 3.01. The zero-order valence-corrected chi connectivity index (χ0v) is 11.8. The smallest absolute Gasteiger partial charge is 0.138 e. The van der Waals surface area contributed by atoms with Crippen LogP contribution in [0.2, 0.25) is 0 Å². The van der Waals surface area contributed by atoms with Crippen LogP contribution < -0.4 is 11.1 Å². The summed E-state index contributed by atoms with van der Waals surface area (Å²) in [4.78, 5) is 0. The molecule has 0 saturated carbocycles. The van der Waals surface area contributed by atoms with E-state index in [9.17, 15) is 4.39 Å². The van der Waals surface area contributed by atoms with E-state index < -0.39 is 0 Å². The van der Waals surface area contributed by atoms with Crippen LogP contribution >= 0.6 is 22.6 Å². The van der Waals surface area contributed by atoms with E-state index in [1.165, 1.54) is 6.07 Å². The Labute approximate surface area is 109 Å². The molecule has 0 aliphatic rings. The number of rotatable bonds is 4. The predicted octanol–water partition coefficient (Wildman–Crippen LogP) is 2.85. The van der Waals surface area contributed by atoms with E-state index in [2.05, 4.69) is 5.32 Å². The first-order chi connectivity index (χ1) is 7.35. The van der Waals surface area contributed by atoms with E-state index in [1.54, 1.807) is 13.2 Å². The van der Waals surface area contributed by atoms with Gasteiger partial charge in [-0.05, 0) is 42.5 Å². The third-order valence-electron chi connectivity index (χ3n) is 2.35. The molecule has 3 nitrogen and oxygen atoms in total. The zero-order chi connectivity index (χ0) is 12.3. The normalized spacial score (nSPS) is 11.6. The van der Waals surface area contributed by atoms with Gasteiger partial charge in [-0.2, -0.15) is 0 Å². The monoisotopic (exact) mass is 338 g/mol. The molecule has 90 valence electrons. The van der Waals surface area contributed by atoms with Gasteiger partial charge >= 0.3 is 0 Å². The van der Waals surface area contributed by atoms with Crippen LogP contribution in [-0.2, 0) is 4.74 Å². The largest absolute Gasteiger partial charge is 0.397 e. The summed E-state index contributed by atoms with van der Waals surface area (Å²) in [6.45, 7) is 4.45. The lowest BCUT2D eigenvalue weighted by Gasteiger charge is -2.24. The molecule has 1 rings (SSSR count). The minimum absolute atomic E-state index is 0.271. The fraction of sp³-hybridized carbons (Fsp3) is 0.455. The van der Waals surface area contributed by atoms with Gasteiger partial charge in [0.05, 0.1) is 20.5 Å². The van der Waals surface area contributed by atoms with E-state index in [1.807, 2.05) is 36.4 Å². The first kappa shape index (κ1) is 13.5. The maximum Gasteiger partial charge on any atom is 0.138 e. The molecule has 1 aromatic carbocycles. The fourth-order valence-electron chi connectivity index (χ4n) is 1.10. The molecule has 3 N–H and O–H groups in total. The topological polar surface area (TPSA) is 47.3 Å². The van der Waals surface area contributed by atoms with Crippen molar-refractivity contribution in [1.82, 2.24) is 0 Å². The molecule has 0 saturated heterocycles. The summed E-state index contributed by atoms with van der Waals surface area (Å²) in [5.74, 6) is -0.271. The van der Waals surface area contributed by atoms with Gasteiger partial charge in [0.1, 0.15) is 5.82 Å². The number of anilines is 2. The highest BCUT2D eigenvalue weighted by molar-refractivity contribution is 14.1. The summed E-state index contributed by atoms with van der Waals surface area (Å²) >= 11 is 1.91. The van der Waals surface area contributed by atoms with Crippen molar-refractivity contribution < 1.29 is 9.13 Å². The molecule has 0 radical (unpaired) electrons. The Morgan fingerprint density at radius 2 is 2.12 bits per heavy atom. The van der Waals surface area contributed by atoms with E-state index >= 15 is 0 Å². The molecule has 0 amide bonds. The quantitative estimate of drug-likeness (QED) is 0.656. The van der Waals surface area contributed by atoms with Crippen molar-refractivity contribution in [3.63, 3.8) is 0 Å². The Bertz CT molecular complexity index is 382. The van der Waals surface area contributed by atoms with Gasteiger partial charge in [0, 0.05) is 19.7 Å². The van der Waals surface area contributed by atoms with Crippen molar-refractivity contribution in [1.29, 1.82) is 0 Å². The minimum atomic E-state index is -0.314. The number of nitrogens with one attached hydrogen (secondary N) is 1. The van der Waals surface area contributed by atoms with Crippen LogP contribution in [-0.4, -0.2) is 19.3 Å². The number of hydrogen-bond donors (Lipinski definition) is 2. The van der Waals surface area contributed by atoms with Gasteiger partial charge in [0.25, 0.3) is 0 Å². The highest BCUT2D eigenvalue weighted by Crippen LogP contribution is 2.24. The standard InChI is InChI=1S/C11H16FIN2O/c1-11(2,16-3)6-15-10-4-7(12)8(13)5-9(10)14/h4-5,15H,6,14H2,1-3H3. The van der Waals surface area contributed by atoms with Gasteiger partial charge in [-0.25, -0.2) is 4.39 Å². The molecule has 0 spiro atoms. The number of nitrogens with two attached hydrogens (primary N) is 1. The van der Waals surface area contributed by atoms with Crippen LogP contribution in [0.25, 0.3) is 0 Å². The first-order valence-electron chi connectivity index (χ1n) is 4.89. The van der Waals surface area contributed by atoms with Gasteiger partial charge in [-0.15, -0.1) is 0 Å². The molecule has 0 aromatic heterocycles. The third-order valence-corrected chi connectivity index (χ3v) is 3.18. The highest BCUT2D eigenvalue weighted by atomic mass is 127. The van der Waals surface area contributed by atoms with E-state index in [4.69, 9.17) is 10.5 Å². The molecule has 0 bridgehead atoms. The maximum absolute atomic E-state index is 13.3. The molecule has 16 heavy (non-hydrogen) atoms. The molecular weight excluding hydrogens is 322 g/mol. The molecule has 0 aliphatic carbocycles. The molecule has 0 aliphatic heterocycles. The van der Waals surface area contributed by atoms with Gasteiger partial charge in [0.15, 0.2) is 0 Å². The van der Waals surface area contributed by atoms with Gasteiger partial charge in [-0.1, -0.05) is 0 Å². The number of methoxy groups -OCH3 is 1. The molecule has 1 aromatic rings. The molecule has 0 heterocycles. The van der Waals surface area contributed by atoms with Crippen LogP contribution in [0.15, 0.2) is 12.1 Å². The van der Waals surface area contributed by atoms with Crippen molar-refractivity contribution in [2.45, 2.75) is 19.4 Å². The second-order valence-corrected chi connectivity index (χ2v) is 5.33. The van der Waals surface area contributed by atoms with Crippen LogP contribution in [0.5, 0.6) is 0 Å². The average Bonchev–Trinajstić information content (AvgIpc) is 2.22. The Hall–Kier alpha value is -0.560. The fourth-order valence-corrected chi connectivity index (χ4v) is 1.59. The molecular formula is C11H16FIN2O. The number of hydrogen-bond acceptors (Lipinski definition) is 3. The van der Waals surface area contributed by atoms with Crippen LogP contribution in [0, 0.1) is 9.39 Å². The van der Waals surface area contributed by atoms with Gasteiger partial charge in [-0.3, -0.25) is 0 Å². The second-order valence-electron chi connectivity index (χ2n) is 4.17. The number of nitrogen functional groups attached to an aromatic ring is 1. The summed E-state index contributed by atoms with van der Waals surface area (Å²) in [5.41, 5.74) is 6.61. The second kappa shape index (κ2) is 5.18. The molecule has 0 atom stereocenters. The van der Waals surface area contributed by atoms with Crippen molar-refractivity contribution in [3.05, 3.63) is 21.5 Å². The van der Waals surface area contributed by atoms with Crippen LogP contribution in [0.3, 0.4) is 0 Å². The predicted molar refractivity (Wildman–Crippen MR) is 73.1 cm³/mol. The average molecular weight is 338 g/mol. The van der Waals surface area contributed by atoms with E-state index in [0.29, 0.717) is 21.5 Å². The lowest BCUT2D eigenvalue weighted by Crippen LogP contribution is -2.32. The van der Waals surface area contributed by atoms with Crippen molar-refractivity contribution >= 4 is 34.0 Å².